The first kappa shape index (κ1) is 16.0. The van der Waals surface area contributed by atoms with Crippen molar-refractivity contribution in [3.05, 3.63) is 35.4 Å². The molecule has 2 atom stereocenters. The van der Waals surface area contributed by atoms with E-state index in [2.05, 4.69) is 0 Å². The van der Waals surface area contributed by atoms with Crippen LogP contribution in [0.2, 0.25) is 0 Å². The Hall–Kier alpha value is -1.88. The van der Waals surface area contributed by atoms with E-state index in [1.165, 1.54) is 6.42 Å². The van der Waals surface area contributed by atoms with E-state index in [1.54, 1.807) is 11.9 Å². The second-order valence-corrected chi connectivity index (χ2v) is 6.48. The molecule has 2 fully saturated rings. The summed E-state index contributed by atoms with van der Waals surface area (Å²) in [7, 11) is 1.76. The molecule has 2 heterocycles. The molecule has 3 rings (SSSR count). The molecule has 0 aliphatic carbocycles. The van der Waals surface area contributed by atoms with Crippen LogP contribution in [0.4, 0.5) is 0 Å². The van der Waals surface area contributed by atoms with Crippen molar-refractivity contribution in [3.8, 4) is 0 Å². The molecule has 5 nitrogen and oxygen atoms in total. The minimum atomic E-state index is -0.612. The lowest BCUT2D eigenvalue weighted by atomic mass is 9.96. The molecular weight excluding hydrogens is 292 g/mol. The predicted molar refractivity (Wildman–Crippen MR) is 86.9 cm³/mol. The van der Waals surface area contributed by atoms with Crippen molar-refractivity contribution in [2.75, 3.05) is 26.7 Å². The molecule has 0 radical (unpaired) electrons. The zero-order chi connectivity index (χ0) is 16.4. The Morgan fingerprint density at radius 3 is 2.43 bits per heavy atom. The van der Waals surface area contributed by atoms with E-state index in [0.29, 0.717) is 0 Å². The summed E-state index contributed by atoms with van der Waals surface area (Å²) in [6.07, 6.45) is 2.65. The van der Waals surface area contributed by atoms with Crippen LogP contribution in [0.3, 0.4) is 0 Å². The molecule has 1 aromatic carbocycles. The molecule has 0 unspecified atom stereocenters. The highest BCUT2D eigenvalue weighted by Crippen LogP contribution is 2.31. The number of likely N-dealkylation sites (tertiary alicyclic amines) is 1. The van der Waals surface area contributed by atoms with Crippen LogP contribution in [0.5, 0.6) is 0 Å². The summed E-state index contributed by atoms with van der Waals surface area (Å²) in [4.78, 5) is 28.5. The number of aryl methyl sites for hydroxylation is 1. The zero-order valence-electron chi connectivity index (χ0n) is 13.8. The van der Waals surface area contributed by atoms with Gasteiger partial charge in [-0.3, -0.25) is 9.59 Å². The number of amides is 2. The fourth-order valence-corrected chi connectivity index (χ4v) is 3.37. The van der Waals surface area contributed by atoms with E-state index < -0.39 is 6.10 Å². The minimum absolute atomic E-state index is 0.00891. The molecule has 5 heteroatoms. The Bertz CT molecular complexity index is 578. The van der Waals surface area contributed by atoms with Gasteiger partial charge in [-0.15, -0.1) is 0 Å². The molecule has 0 aromatic heterocycles. The number of hydrogen-bond acceptors (Lipinski definition) is 3. The van der Waals surface area contributed by atoms with E-state index in [1.807, 2.05) is 36.1 Å². The first-order valence-electron chi connectivity index (χ1n) is 8.30. The fraction of sp³-hybridized carbons (Fsp3) is 0.556. The monoisotopic (exact) mass is 316 g/mol. The number of morpholine rings is 1. The first-order valence-corrected chi connectivity index (χ1v) is 8.30. The highest BCUT2D eigenvalue weighted by atomic mass is 16.5. The Morgan fingerprint density at radius 1 is 1.13 bits per heavy atom. The molecule has 1 aromatic rings. The Balaban J connectivity index is 1.87. The van der Waals surface area contributed by atoms with Gasteiger partial charge in [0, 0.05) is 20.1 Å². The van der Waals surface area contributed by atoms with Crippen molar-refractivity contribution < 1.29 is 14.3 Å². The van der Waals surface area contributed by atoms with Gasteiger partial charge in [0.25, 0.3) is 5.91 Å². The largest absolute Gasteiger partial charge is 0.356 e. The van der Waals surface area contributed by atoms with E-state index in [9.17, 15) is 9.59 Å². The normalized spacial score (nSPS) is 25.6. The van der Waals surface area contributed by atoms with Gasteiger partial charge in [-0.25, -0.2) is 0 Å². The van der Waals surface area contributed by atoms with Gasteiger partial charge in [-0.1, -0.05) is 29.8 Å². The van der Waals surface area contributed by atoms with Crippen LogP contribution in [-0.2, 0) is 14.3 Å². The number of ether oxygens (including phenoxy) is 1. The first-order chi connectivity index (χ1) is 11.1. The summed E-state index contributed by atoms with van der Waals surface area (Å²) in [5.41, 5.74) is 2.10. The summed E-state index contributed by atoms with van der Waals surface area (Å²) >= 11 is 0. The molecule has 0 N–H and O–H groups in total. The predicted octanol–water partition coefficient (Wildman–Crippen LogP) is 1.91. The summed E-state index contributed by atoms with van der Waals surface area (Å²) < 4.78 is 5.69. The van der Waals surface area contributed by atoms with Gasteiger partial charge < -0.3 is 14.5 Å². The minimum Gasteiger partial charge on any atom is -0.356 e. The topological polar surface area (TPSA) is 49.9 Å². The van der Waals surface area contributed by atoms with Crippen LogP contribution in [-0.4, -0.2) is 54.5 Å². The number of likely N-dealkylation sites (N-methyl/N-ethyl adjacent to an activating group) is 1. The average Bonchev–Trinajstić information content (AvgIpc) is 2.58. The molecule has 23 heavy (non-hydrogen) atoms. The summed E-state index contributed by atoms with van der Waals surface area (Å²) in [5, 5.41) is 0. The second-order valence-electron chi connectivity index (χ2n) is 6.48. The quantitative estimate of drug-likeness (QED) is 0.837. The van der Waals surface area contributed by atoms with E-state index in [-0.39, 0.29) is 24.5 Å². The smallest absolute Gasteiger partial charge is 0.254 e. The van der Waals surface area contributed by atoms with Crippen molar-refractivity contribution in [2.24, 2.45) is 0 Å². The number of nitrogens with zero attached hydrogens (tertiary/aromatic N) is 2. The third-order valence-corrected chi connectivity index (χ3v) is 4.81. The number of carbonyl (C=O) groups is 2. The summed E-state index contributed by atoms with van der Waals surface area (Å²) in [6, 6.07) is 7.62. The molecule has 0 saturated carbocycles. The number of benzene rings is 1. The summed E-state index contributed by atoms with van der Waals surface area (Å²) in [5.74, 6) is -0.0760. The summed E-state index contributed by atoms with van der Waals surface area (Å²) in [6.45, 7) is 3.57. The van der Waals surface area contributed by atoms with E-state index >= 15 is 0 Å². The number of piperidine rings is 1. The zero-order valence-corrected chi connectivity index (χ0v) is 13.8. The lowest BCUT2D eigenvalue weighted by Crippen LogP contribution is -2.54. The molecular formula is C18H24N2O3. The van der Waals surface area contributed by atoms with Crippen molar-refractivity contribution >= 4 is 11.8 Å². The van der Waals surface area contributed by atoms with Gasteiger partial charge in [-0.2, -0.15) is 0 Å². The molecule has 124 valence electrons. The molecule has 0 spiro atoms. The Kier molecular flexibility index (Phi) is 4.66. The molecule has 2 aliphatic rings. The second kappa shape index (κ2) is 6.71. The molecule has 0 bridgehead atoms. The van der Waals surface area contributed by atoms with Crippen LogP contribution >= 0.6 is 0 Å². The van der Waals surface area contributed by atoms with Gasteiger partial charge in [0.1, 0.15) is 6.61 Å². The van der Waals surface area contributed by atoms with Crippen molar-refractivity contribution in [1.82, 2.24) is 9.80 Å². The molecule has 2 saturated heterocycles. The van der Waals surface area contributed by atoms with Gasteiger partial charge in [0.15, 0.2) is 6.10 Å². The number of hydrogen-bond donors (Lipinski definition) is 0. The van der Waals surface area contributed by atoms with Gasteiger partial charge in [0.2, 0.25) is 5.91 Å². The number of rotatable bonds is 2. The van der Waals surface area contributed by atoms with Crippen molar-refractivity contribution in [2.45, 2.75) is 38.3 Å². The average molecular weight is 316 g/mol. The molecule has 2 aliphatic heterocycles. The van der Waals surface area contributed by atoms with Crippen LogP contribution in [0.1, 0.15) is 36.4 Å². The highest BCUT2D eigenvalue weighted by Gasteiger charge is 2.41. The standard InChI is InChI=1S/C18H24N2O3/c1-13-6-8-14(9-7-13)16-17(23-12-15(21)19(16)2)18(22)20-10-4-3-5-11-20/h6-9,16-17H,3-5,10-12H2,1-2H3/t16-,17-/m0/s1. The third kappa shape index (κ3) is 3.24. The number of carbonyl (C=O) groups excluding carboxylic acids is 2. The van der Waals surface area contributed by atoms with Gasteiger partial charge in [0.05, 0.1) is 6.04 Å². The van der Waals surface area contributed by atoms with Crippen LogP contribution < -0.4 is 0 Å². The highest BCUT2D eigenvalue weighted by molar-refractivity contribution is 5.86. The van der Waals surface area contributed by atoms with Crippen molar-refractivity contribution in [3.63, 3.8) is 0 Å². The Morgan fingerprint density at radius 2 is 1.78 bits per heavy atom. The fourth-order valence-electron chi connectivity index (χ4n) is 3.37. The maximum atomic E-state index is 12.9. The lowest BCUT2D eigenvalue weighted by molar-refractivity contribution is -0.167. The van der Waals surface area contributed by atoms with Crippen LogP contribution in [0.15, 0.2) is 24.3 Å². The Labute approximate surface area is 137 Å². The van der Waals surface area contributed by atoms with Gasteiger partial charge >= 0.3 is 0 Å². The molecule has 2 amide bonds. The van der Waals surface area contributed by atoms with Crippen LogP contribution in [0, 0.1) is 6.92 Å². The maximum absolute atomic E-state index is 12.9. The van der Waals surface area contributed by atoms with Crippen LogP contribution in [0.25, 0.3) is 0 Å². The lowest BCUT2D eigenvalue weighted by Gasteiger charge is -2.41. The maximum Gasteiger partial charge on any atom is 0.254 e. The van der Waals surface area contributed by atoms with E-state index in [4.69, 9.17) is 4.74 Å². The SMILES string of the molecule is Cc1ccc([C@H]2[C@@H](C(=O)N3CCCCC3)OCC(=O)N2C)cc1. The van der Waals surface area contributed by atoms with Gasteiger partial charge in [-0.05, 0) is 31.7 Å². The van der Waals surface area contributed by atoms with Crippen molar-refractivity contribution in [1.29, 1.82) is 0 Å². The third-order valence-electron chi connectivity index (χ3n) is 4.81. The van der Waals surface area contributed by atoms with E-state index in [0.717, 1.165) is 37.1 Å².